The zero-order valence-corrected chi connectivity index (χ0v) is 8.68. The van der Waals surface area contributed by atoms with E-state index in [9.17, 15) is 0 Å². The first-order chi connectivity index (χ1) is 6.70. The average Bonchev–Trinajstić information content (AvgIpc) is 2.17. The Labute approximate surface area is 91.2 Å². The summed E-state index contributed by atoms with van der Waals surface area (Å²) in [5.74, 6) is 0. The average molecular weight is 225 g/mol. The van der Waals surface area contributed by atoms with Gasteiger partial charge in [-0.2, -0.15) is 0 Å². The SMILES string of the molecule is C=Cc1cnc2cc(Cl)nc(Cl)c2c1. The van der Waals surface area contributed by atoms with E-state index in [1.54, 1.807) is 18.3 Å². The van der Waals surface area contributed by atoms with Gasteiger partial charge in [0.15, 0.2) is 0 Å². The predicted octanol–water partition coefficient (Wildman–Crippen LogP) is 3.58. The summed E-state index contributed by atoms with van der Waals surface area (Å²) < 4.78 is 0. The van der Waals surface area contributed by atoms with Gasteiger partial charge in [0, 0.05) is 17.6 Å². The summed E-state index contributed by atoms with van der Waals surface area (Å²) in [5.41, 5.74) is 1.64. The van der Waals surface area contributed by atoms with Crippen molar-refractivity contribution < 1.29 is 0 Å². The Morgan fingerprint density at radius 3 is 2.79 bits per heavy atom. The largest absolute Gasteiger partial charge is 0.255 e. The van der Waals surface area contributed by atoms with Crippen LogP contribution in [0.2, 0.25) is 10.3 Å². The second kappa shape index (κ2) is 3.56. The summed E-state index contributed by atoms with van der Waals surface area (Å²) in [4.78, 5) is 8.13. The van der Waals surface area contributed by atoms with Crippen molar-refractivity contribution in [1.29, 1.82) is 0 Å². The van der Waals surface area contributed by atoms with Crippen molar-refractivity contribution in [2.45, 2.75) is 0 Å². The molecule has 0 bridgehead atoms. The van der Waals surface area contributed by atoms with Crippen LogP contribution in [-0.2, 0) is 0 Å². The number of aromatic nitrogens is 2. The Balaban J connectivity index is 2.81. The van der Waals surface area contributed by atoms with E-state index in [-0.39, 0.29) is 0 Å². The molecule has 14 heavy (non-hydrogen) atoms. The lowest BCUT2D eigenvalue weighted by atomic mass is 10.2. The first-order valence-corrected chi connectivity index (χ1v) is 4.70. The Kier molecular flexibility index (Phi) is 2.40. The number of halogens is 2. The van der Waals surface area contributed by atoms with E-state index >= 15 is 0 Å². The lowest BCUT2D eigenvalue weighted by Crippen LogP contribution is -1.85. The topological polar surface area (TPSA) is 25.8 Å². The molecule has 0 fully saturated rings. The van der Waals surface area contributed by atoms with E-state index in [2.05, 4.69) is 16.5 Å². The fourth-order valence-corrected chi connectivity index (χ4v) is 1.66. The molecule has 0 unspecified atom stereocenters. The number of nitrogens with zero attached hydrogens (tertiary/aromatic N) is 2. The number of pyridine rings is 2. The van der Waals surface area contributed by atoms with Gasteiger partial charge in [0.1, 0.15) is 10.3 Å². The molecule has 0 aliphatic carbocycles. The standard InChI is InChI=1S/C10H6Cl2N2/c1-2-6-3-7-8(13-5-6)4-9(11)14-10(7)12/h2-5H,1H2. The van der Waals surface area contributed by atoms with Gasteiger partial charge < -0.3 is 0 Å². The normalized spacial score (nSPS) is 10.4. The van der Waals surface area contributed by atoms with Crippen LogP contribution in [0.3, 0.4) is 0 Å². The third-order valence-corrected chi connectivity index (χ3v) is 2.34. The maximum Gasteiger partial charge on any atom is 0.140 e. The maximum atomic E-state index is 5.92. The summed E-state index contributed by atoms with van der Waals surface area (Å²) >= 11 is 11.7. The number of hydrogen-bond acceptors (Lipinski definition) is 2. The van der Waals surface area contributed by atoms with E-state index in [1.807, 2.05) is 6.07 Å². The van der Waals surface area contributed by atoms with Gasteiger partial charge in [0.2, 0.25) is 0 Å². The maximum absolute atomic E-state index is 5.92. The number of rotatable bonds is 1. The molecule has 0 radical (unpaired) electrons. The molecular weight excluding hydrogens is 219 g/mol. The lowest BCUT2D eigenvalue weighted by molar-refractivity contribution is 1.32. The molecule has 2 heterocycles. The molecule has 2 aromatic rings. The molecule has 2 nitrogen and oxygen atoms in total. The van der Waals surface area contributed by atoms with Crippen LogP contribution in [0.15, 0.2) is 24.9 Å². The van der Waals surface area contributed by atoms with Crippen LogP contribution in [0.5, 0.6) is 0 Å². The Morgan fingerprint density at radius 2 is 2.07 bits per heavy atom. The van der Waals surface area contributed by atoms with Crippen LogP contribution in [0, 0.1) is 0 Å². The molecule has 0 saturated heterocycles. The van der Waals surface area contributed by atoms with Crippen LogP contribution in [0.1, 0.15) is 5.56 Å². The molecule has 4 heteroatoms. The van der Waals surface area contributed by atoms with Crippen molar-refractivity contribution in [3.05, 3.63) is 40.8 Å². The minimum Gasteiger partial charge on any atom is -0.255 e. The molecule has 0 aliphatic heterocycles. The highest BCUT2D eigenvalue weighted by Gasteiger charge is 2.03. The first-order valence-electron chi connectivity index (χ1n) is 3.95. The van der Waals surface area contributed by atoms with Gasteiger partial charge in [-0.15, -0.1) is 0 Å². The first kappa shape index (κ1) is 9.44. The summed E-state index contributed by atoms with van der Waals surface area (Å²) in [5, 5.41) is 1.50. The third kappa shape index (κ3) is 1.59. The second-order valence-electron chi connectivity index (χ2n) is 2.78. The fraction of sp³-hybridized carbons (Fsp3) is 0. The van der Waals surface area contributed by atoms with Crippen molar-refractivity contribution in [3.8, 4) is 0 Å². The summed E-state index contributed by atoms with van der Waals surface area (Å²) in [6, 6.07) is 3.55. The highest BCUT2D eigenvalue weighted by Crippen LogP contribution is 2.24. The molecule has 0 atom stereocenters. The molecule has 0 N–H and O–H groups in total. The van der Waals surface area contributed by atoms with Crippen LogP contribution in [-0.4, -0.2) is 9.97 Å². The van der Waals surface area contributed by atoms with Crippen LogP contribution < -0.4 is 0 Å². The van der Waals surface area contributed by atoms with Gasteiger partial charge >= 0.3 is 0 Å². The zero-order chi connectivity index (χ0) is 10.1. The van der Waals surface area contributed by atoms with E-state index < -0.39 is 0 Å². The highest BCUT2D eigenvalue weighted by atomic mass is 35.5. The molecule has 0 aromatic carbocycles. The van der Waals surface area contributed by atoms with Crippen LogP contribution in [0.25, 0.3) is 17.0 Å². The van der Waals surface area contributed by atoms with E-state index in [1.165, 1.54) is 0 Å². The molecule has 2 aromatic heterocycles. The monoisotopic (exact) mass is 224 g/mol. The molecule has 2 rings (SSSR count). The van der Waals surface area contributed by atoms with Crippen LogP contribution in [0.4, 0.5) is 0 Å². The smallest absolute Gasteiger partial charge is 0.140 e. The molecule has 0 spiro atoms. The van der Waals surface area contributed by atoms with Crippen molar-refractivity contribution in [2.24, 2.45) is 0 Å². The van der Waals surface area contributed by atoms with Gasteiger partial charge in [0.05, 0.1) is 5.52 Å². The van der Waals surface area contributed by atoms with Gasteiger partial charge in [-0.1, -0.05) is 35.9 Å². The third-order valence-electron chi connectivity index (χ3n) is 1.86. The van der Waals surface area contributed by atoms with E-state index in [0.717, 1.165) is 16.5 Å². The summed E-state index contributed by atoms with van der Waals surface area (Å²) in [6.07, 6.45) is 3.42. The van der Waals surface area contributed by atoms with Crippen LogP contribution >= 0.6 is 23.2 Å². The number of hydrogen-bond donors (Lipinski definition) is 0. The molecule has 0 saturated carbocycles. The molecule has 0 amide bonds. The Hall–Kier alpha value is -1.12. The lowest BCUT2D eigenvalue weighted by Gasteiger charge is -2.01. The minimum absolute atomic E-state index is 0.348. The van der Waals surface area contributed by atoms with Gasteiger partial charge in [0.25, 0.3) is 0 Å². The van der Waals surface area contributed by atoms with Crippen molar-refractivity contribution >= 4 is 40.2 Å². The Morgan fingerprint density at radius 1 is 1.29 bits per heavy atom. The molecule has 0 aliphatic rings. The Bertz CT molecular complexity index is 509. The van der Waals surface area contributed by atoms with Crippen molar-refractivity contribution in [2.75, 3.05) is 0 Å². The molecule has 70 valence electrons. The predicted molar refractivity (Wildman–Crippen MR) is 59.6 cm³/mol. The van der Waals surface area contributed by atoms with E-state index in [0.29, 0.717) is 10.3 Å². The van der Waals surface area contributed by atoms with Gasteiger partial charge in [-0.3, -0.25) is 4.98 Å². The summed E-state index contributed by atoms with van der Waals surface area (Å²) in [7, 11) is 0. The highest BCUT2D eigenvalue weighted by molar-refractivity contribution is 6.36. The van der Waals surface area contributed by atoms with E-state index in [4.69, 9.17) is 23.2 Å². The zero-order valence-electron chi connectivity index (χ0n) is 7.17. The fourth-order valence-electron chi connectivity index (χ4n) is 1.18. The van der Waals surface area contributed by atoms with Gasteiger partial charge in [-0.05, 0) is 11.6 Å². The number of fused-ring (bicyclic) bond motifs is 1. The minimum atomic E-state index is 0.348. The van der Waals surface area contributed by atoms with Crippen molar-refractivity contribution in [1.82, 2.24) is 9.97 Å². The summed E-state index contributed by atoms with van der Waals surface area (Å²) in [6.45, 7) is 3.66. The second-order valence-corrected chi connectivity index (χ2v) is 3.52. The quantitative estimate of drug-likeness (QED) is 0.693. The van der Waals surface area contributed by atoms with Gasteiger partial charge in [-0.25, -0.2) is 4.98 Å². The molecular formula is C10H6Cl2N2. The van der Waals surface area contributed by atoms with Crippen molar-refractivity contribution in [3.63, 3.8) is 0 Å².